The van der Waals surface area contributed by atoms with E-state index in [9.17, 15) is 9.59 Å². The van der Waals surface area contributed by atoms with Gasteiger partial charge >= 0.3 is 0 Å². The van der Waals surface area contributed by atoms with Crippen LogP contribution >= 0.6 is 22.9 Å². The number of benzene rings is 1. The minimum atomic E-state index is -0.135. The zero-order chi connectivity index (χ0) is 22.8. The van der Waals surface area contributed by atoms with Crippen LogP contribution in [0.5, 0.6) is 0 Å². The van der Waals surface area contributed by atoms with Gasteiger partial charge in [0.2, 0.25) is 5.91 Å². The Hall–Kier alpha value is -2.71. The number of carbonyl (C=O) groups is 2. The Morgan fingerprint density at radius 1 is 1.16 bits per heavy atom. The lowest BCUT2D eigenvalue weighted by atomic mass is 9.95. The molecule has 1 fully saturated rings. The smallest absolute Gasteiger partial charge is 0.258 e. The van der Waals surface area contributed by atoms with Crippen LogP contribution in [0.25, 0.3) is 0 Å². The van der Waals surface area contributed by atoms with Crippen LogP contribution in [0.15, 0.2) is 29.6 Å². The molecule has 0 radical (unpaired) electrons. The summed E-state index contributed by atoms with van der Waals surface area (Å²) < 4.78 is 1.67. The molecule has 0 aliphatic carbocycles. The van der Waals surface area contributed by atoms with E-state index in [1.165, 1.54) is 16.9 Å². The first-order valence-corrected chi connectivity index (χ1v) is 11.9. The van der Waals surface area contributed by atoms with Crippen LogP contribution in [-0.4, -0.2) is 44.6 Å². The van der Waals surface area contributed by atoms with E-state index in [1.54, 1.807) is 16.5 Å². The van der Waals surface area contributed by atoms with Crippen molar-refractivity contribution >= 4 is 39.9 Å². The zero-order valence-corrected chi connectivity index (χ0v) is 20.0. The number of nitrogens with zero attached hydrogens (tertiary/aromatic N) is 4. The van der Waals surface area contributed by atoms with Gasteiger partial charge in [-0.15, -0.1) is 11.3 Å². The van der Waals surface area contributed by atoms with Crippen LogP contribution in [0.3, 0.4) is 0 Å². The van der Waals surface area contributed by atoms with E-state index < -0.39 is 0 Å². The zero-order valence-electron chi connectivity index (χ0n) is 18.4. The summed E-state index contributed by atoms with van der Waals surface area (Å²) in [6, 6.07) is 8.16. The summed E-state index contributed by atoms with van der Waals surface area (Å²) in [5, 5.41) is 10.3. The molecule has 168 valence electrons. The van der Waals surface area contributed by atoms with Crippen molar-refractivity contribution in [3.63, 3.8) is 0 Å². The Kier molecular flexibility index (Phi) is 6.62. The summed E-state index contributed by atoms with van der Waals surface area (Å²) in [4.78, 5) is 31.8. The number of hydrogen-bond donors (Lipinski definition) is 1. The van der Waals surface area contributed by atoms with E-state index in [4.69, 9.17) is 11.6 Å². The number of anilines is 1. The van der Waals surface area contributed by atoms with Crippen LogP contribution in [-0.2, 0) is 11.3 Å². The van der Waals surface area contributed by atoms with E-state index in [0.717, 1.165) is 11.3 Å². The van der Waals surface area contributed by atoms with Crippen molar-refractivity contribution < 1.29 is 9.59 Å². The molecule has 2 amide bonds. The molecule has 0 atom stereocenters. The van der Waals surface area contributed by atoms with Gasteiger partial charge < -0.3 is 10.2 Å². The van der Waals surface area contributed by atoms with Gasteiger partial charge in [0.05, 0.1) is 23.5 Å². The van der Waals surface area contributed by atoms with E-state index in [0.29, 0.717) is 54.0 Å². The van der Waals surface area contributed by atoms with Crippen molar-refractivity contribution in [3.05, 3.63) is 62.9 Å². The Labute approximate surface area is 196 Å². The van der Waals surface area contributed by atoms with Crippen molar-refractivity contribution in [1.29, 1.82) is 0 Å². The van der Waals surface area contributed by atoms with Crippen molar-refractivity contribution in [1.82, 2.24) is 19.7 Å². The van der Waals surface area contributed by atoms with Crippen LogP contribution in [0.2, 0.25) is 5.15 Å². The van der Waals surface area contributed by atoms with Crippen LogP contribution in [0.4, 0.5) is 5.13 Å². The molecular weight excluding hydrogens is 446 g/mol. The van der Waals surface area contributed by atoms with Gasteiger partial charge in [-0.2, -0.15) is 5.10 Å². The second-order valence-corrected chi connectivity index (χ2v) is 9.46. The normalized spacial score (nSPS) is 14.6. The molecule has 3 aromatic rings. The number of nitrogens with one attached hydrogen (secondary N) is 1. The number of hydrogen-bond acceptors (Lipinski definition) is 5. The molecular formula is C23H26ClN5O2S. The Bertz CT molecular complexity index is 1130. The number of likely N-dealkylation sites (tertiary alicyclic amines) is 1. The Morgan fingerprint density at radius 3 is 2.47 bits per heavy atom. The van der Waals surface area contributed by atoms with Crippen molar-refractivity contribution in [3.8, 4) is 0 Å². The third-order valence-electron chi connectivity index (χ3n) is 5.73. The quantitative estimate of drug-likeness (QED) is 0.595. The van der Waals surface area contributed by atoms with Crippen molar-refractivity contribution in [2.75, 3.05) is 18.4 Å². The highest BCUT2D eigenvalue weighted by Gasteiger charge is 2.31. The van der Waals surface area contributed by atoms with Gasteiger partial charge in [0.15, 0.2) is 5.13 Å². The summed E-state index contributed by atoms with van der Waals surface area (Å²) in [5.74, 6) is -0.298. The lowest BCUT2D eigenvalue weighted by molar-refractivity contribution is -0.121. The highest BCUT2D eigenvalue weighted by molar-refractivity contribution is 7.13. The fraction of sp³-hybridized carbons (Fsp3) is 0.391. The van der Waals surface area contributed by atoms with Gasteiger partial charge in [-0.05, 0) is 39.2 Å². The predicted octanol–water partition coefficient (Wildman–Crippen LogP) is 4.46. The number of piperidine rings is 1. The third kappa shape index (κ3) is 4.86. The minimum Gasteiger partial charge on any atom is -0.338 e. The van der Waals surface area contributed by atoms with Crippen LogP contribution < -0.4 is 5.32 Å². The highest BCUT2D eigenvalue weighted by atomic mass is 35.5. The average Bonchev–Trinajstić information content (AvgIpc) is 3.31. The molecule has 0 unspecified atom stereocenters. The largest absolute Gasteiger partial charge is 0.338 e. The Morgan fingerprint density at radius 2 is 1.84 bits per heavy atom. The first-order valence-electron chi connectivity index (χ1n) is 10.6. The molecule has 1 aliphatic rings. The monoisotopic (exact) mass is 471 g/mol. The molecule has 4 rings (SSSR count). The van der Waals surface area contributed by atoms with Crippen molar-refractivity contribution in [2.24, 2.45) is 5.92 Å². The third-order valence-corrected chi connectivity index (χ3v) is 6.99. The molecule has 1 aliphatic heterocycles. The molecule has 1 saturated heterocycles. The molecule has 3 heterocycles. The number of rotatable bonds is 5. The molecule has 0 saturated carbocycles. The number of carbonyl (C=O) groups excluding carboxylic acids is 2. The minimum absolute atomic E-state index is 0.0356. The molecule has 1 N–H and O–H groups in total. The second-order valence-electron chi connectivity index (χ2n) is 8.24. The number of aryl methyl sites for hydroxylation is 3. The van der Waals surface area contributed by atoms with Gasteiger partial charge in [-0.25, -0.2) is 9.67 Å². The molecule has 32 heavy (non-hydrogen) atoms. The maximum Gasteiger partial charge on any atom is 0.258 e. The summed E-state index contributed by atoms with van der Waals surface area (Å²) in [6.07, 6.45) is 1.21. The van der Waals surface area contributed by atoms with Crippen LogP contribution in [0, 0.1) is 26.7 Å². The van der Waals surface area contributed by atoms with E-state index in [-0.39, 0.29) is 17.7 Å². The maximum absolute atomic E-state index is 13.2. The fourth-order valence-electron chi connectivity index (χ4n) is 3.89. The van der Waals surface area contributed by atoms with Crippen molar-refractivity contribution in [2.45, 2.75) is 40.2 Å². The van der Waals surface area contributed by atoms with E-state index >= 15 is 0 Å². The molecule has 0 bridgehead atoms. The summed E-state index contributed by atoms with van der Waals surface area (Å²) in [6.45, 7) is 7.26. The van der Waals surface area contributed by atoms with E-state index in [2.05, 4.69) is 15.4 Å². The lowest BCUT2D eigenvalue weighted by Crippen LogP contribution is -2.41. The number of aromatic nitrogens is 3. The standard InChI is InChI=1S/C23H26ClN5O2S/c1-14-4-6-17(7-5-14)12-29-20(24)19(16(3)27-29)22(31)28-10-8-18(9-11-28)21(30)26-23-25-15(2)13-32-23/h4-7,13,18H,8-12H2,1-3H3,(H,25,26,30). The van der Waals surface area contributed by atoms with Crippen LogP contribution in [0.1, 0.15) is 45.7 Å². The van der Waals surface area contributed by atoms with Gasteiger partial charge in [0.25, 0.3) is 5.91 Å². The summed E-state index contributed by atoms with van der Waals surface area (Å²) in [5.41, 5.74) is 4.21. The molecule has 7 nitrogen and oxygen atoms in total. The first kappa shape index (κ1) is 22.5. The number of halogens is 1. The number of thiazole rings is 1. The van der Waals surface area contributed by atoms with Gasteiger partial charge in [0, 0.05) is 24.4 Å². The SMILES string of the molecule is Cc1ccc(Cn2nc(C)c(C(=O)N3CCC(C(=O)Nc4nc(C)cs4)CC3)c2Cl)cc1. The molecule has 1 aromatic carbocycles. The number of amides is 2. The maximum atomic E-state index is 13.2. The van der Waals surface area contributed by atoms with Gasteiger partial charge in [-0.3, -0.25) is 9.59 Å². The van der Waals surface area contributed by atoms with Gasteiger partial charge in [0.1, 0.15) is 5.15 Å². The van der Waals surface area contributed by atoms with E-state index in [1.807, 2.05) is 43.5 Å². The average molecular weight is 472 g/mol. The Balaban J connectivity index is 1.39. The molecule has 0 spiro atoms. The molecule has 2 aromatic heterocycles. The van der Waals surface area contributed by atoms with Gasteiger partial charge in [-0.1, -0.05) is 41.4 Å². The second kappa shape index (κ2) is 9.42. The summed E-state index contributed by atoms with van der Waals surface area (Å²) >= 11 is 8.00. The first-order chi connectivity index (χ1) is 15.3. The topological polar surface area (TPSA) is 80.1 Å². The lowest BCUT2D eigenvalue weighted by Gasteiger charge is -2.31. The fourth-order valence-corrected chi connectivity index (χ4v) is 4.90. The predicted molar refractivity (Wildman–Crippen MR) is 126 cm³/mol. The molecule has 9 heteroatoms. The summed E-state index contributed by atoms with van der Waals surface area (Å²) in [7, 11) is 0. The highest BCUT2D eigenvalue weighted by Crippen LogP contribution is 2.26.